The first-order valence-corrected chi connectivity index (χ1v) is 6.88. The Morgan fingerprint density at radius 2 is 2.18 bits per heavy atom. The molecule has 0 aromatic carbocycles. The van der Waals surface area contributed by atoms with E-state index in [0.717, 1.165) is 5.92 Å². The topological polar surface area (TPSA) is 24.9 Å². The first kappa shape index (κ1) is 14.2. The Balaban J connectivity index is 2.56. The van der Waals surface area contributed by atoms with E-state index in [2.05, 4.69) is 30.2 Å². The smallest absolute Gasteiger partial charge is 0.0335 e. The third kappa shape index (κ3) is 4.86. The van der Waals surface area contributed by atoms with E-state index < -0.39 is 0 Å². The van der Waals surface area contributed by atoms with Gasteiger partial charge >= 0.3 is 0 Å². The van der Waals surface area contributed by atoms with Crippen molar-refractivity contribution in [2.75, 3.05) is 7.05 Å². The SMILES string of the molecule is CCCCC(CC)CC(NC)c1cccnc1. The lowest BCUT2D eigenvalue weighted by molar-refractivity contribution is 0.364. The first-order chi connectivity index (χ1) is 8.31. The van der Waals surface area contributed by atoms with Crippen LogP contribution in [0.15, 0.2) is 24.5 Å². The van der Waals surface area contributed by atoms with Crippen molar-refractivity contribution in [3.8, 4) is 0 Å². The highest BCUT2D eigenvalue weighted by atomic mass is 14.9. The normalized spacial score (nSPS) is 14.5. The van der Waals surface area contributed by atoms with Crippen LogP contribution in [0.5, 0.6) is 0 Å². The number of rotatable bonds is 8. The third-order valence-corrected chi connectivity index (χ3v) is 3.55. The van der Waals surface area contributed by atoms with Crippen molar-refractivity contribution in [1.29, 1.82) is 0 Å². The van der Waals surface area contributed by atoms with E-state index in [9.17, 15) is 0 Å². The predicted octanol–water partition coefficient (Wildman–Crippen LogP) is 3.95. The summed E-state index contributed by atoms with van der Waals surface area (Å²) < 4.78 is 0. The molecule has 2 nitrogen and oxygen atoms in total. The van der Waals surface area contributed by atoms with Crippen LogP contribution in [0.4, 0.5) is 0 Å². The number of nitrogens with one attached hydrogen (secondary N) is 1. The van der Waals surface area contributed by atoms with Gasteiger partial charge in [0.05, 0.1) is 0 Å². The van der Waals surface area contributed by atoms with Crippen molar-refractivity contribution in [2.24, 2.45) is 5.92 Å². The summed E-state index contributed by atoms with van der Waals surface area (Å²) in [6, 6.07) is 4.64. The van der Waals surface area contributed by atoms with E-state index in [1.807, 2.05) is 25.5 Å². The summed E-state index contributed by atoms with van der Waals surface area (Å²) in [5.41, 5.74) is 1.31. The van der Waals surface area contributed by atoms with Gasteiger partial charge in [-0.3, -0.25) is 4.98 Å². The van der Waals surface area contributed by atoms with E-state index in [4.69, 9.17) is 0 Å². The zero-order valence-electron chi connectivity index (χ0n) is 11.4. The minimum Gasteiger partial charge on any atom is -0.313 e. The Hall–Kier alpha value is -0.890. The zero-order valence-corrected chi connectivity index (χ0v) is 11.4. The maximum absolute atomic E-state index is 4.21. The lowest BCUT2D eigenvalue weighted by Crippen LogP contribution is -2.20. The molecule has 1 aromatic rings. The molecule has 0 aliphatic heterocycles. The number of hydrogen-bond acceptors (Lipinski definition) is 2. The summed E-state index contributed by atoms with van der Waals surface area (Å²) >= 11 is 0. The molecule has 0 saturated heterocycles. The van der Waals surface area contributed by atoms with Crippen molar-refractivity contribution in [1.82, 2.24) is 10.3 Å². The minimum absolute atomic E-state index is 0.450. The molecule has 1 N–H and O–H groups in total. The molecule has 0 fully saturated rings. The van der Waals surface area contributed by atoms with Gasteiger partial charge in [0.2, 0.25) is 0 Å². The fourth-order valence-corrected chi connectivity index (χ4v) is 2.32. The van der Waals surface area contributed by atoms with Gasteiger partial charge in [0, 0.05) is 18.4 Å². The molecule has 0 radical (unpaired) electrons. The molecule has 0 bridgehead atoms. The summed E-state index contributed by atoms with van der Waals surface area (Å²) in [5, 5.41) is 3.42. The molecule has 1 heterocycles. The van der Waals surface area contributed by atoms with Crippen molar-refractivity contribution in [2.45, 2.75) is 52.0 Å². The lowest BCUT2D eigenvalue weighted by atomic mass is 9.90. The van der Waals surface area contributed by atoms with Crippen LogP contribution in [0.2, 0.25) is 0 Å². The van der Waals surface area contributed by atoms with Crippen LogP contribution in [-0.2, 0) is 0 Å². The van der Waals surface area contributed by atoms with Crippen LogP contribution >= 0.6 is 0 Å². The highest BCUT2D eigenvalue weighted by molar-refractivity contribution is 5.13. The summed E-state index contributed by atoms with van der Waals surface area (Å²) in [6.45, 7) is 4.57. The maximum atomic E-state index is 4.21. The minimum atomic E-state index is 0.450. The second kappa shape index (κ2) is 8.24. The molecule has 17 heavy (non-hydrogen) atoms. The number of hydrogen-bond donors (Lipinski definition) is 1. The quantitative estimate of drug-likeness (QED) is 0.736. The fraction of sp³-hybridized carbons (Fsp3) is 0.667. The van der Waals surface area contributed by atoms with E-state index in [0.29, 0.717) is 6.04 Å². The molecule has 0 spiro atoms. The second-order valence-corrected chi connectivity index (χ2v) is 4.78. The highest BCUT2D eigenvalue weighted by Crippen LogP contribution is 2.25. The van der Waals surface area contributed by atoms with Crippen molar-refractivity contribution < 1.29 is 0 Å². The molecule has 0 aliphatic rings. The molecule has 0 aliphatic carbocycles. The average molecular weight is 234 g/mol. The number of unbranched alkanes of at least 4 members (excludes halogenated alkanes) is 1. The van der Waals surface area contributed by atoms with Gasteiger partial charge in [-0.1, -0.05) is 45.6 Å². The third-order valence-electron chi connectivity index (χ3n) is 3.55. The summed E-state index contributed by atoms with van der Waals surface area (Å²) in [6.07, 6.45) is 10.3. The summed E-state index contributed by atoms with van der Waals surface area (Å²) in [7, 11) is 2.05. The highest BCUT2D eigenvalue weighted by Gasteiger charge is 2.15. The average Bonchev–Trinajstić information content (AvgIpc) is 2.40. The number of aromatic nitrogens is 1. The lowest BCUT2D eigenvalue weighted by Gasteiger charge is -2.22. The van der Waals surface area contributed by atoms with Crippen LogP contribution in [0.3, 0.4) is 0 Å². The largest absolute Gasteiger partial charge is 0.313 e. The van der Waals surface area contributed by atoms with E-state index >= 15 is 0 Å². The monoisotopic (exact) mass is 234 g/mol. The Morgan fingerprint density at radius 3 is 2.71 bits per heavy atom. The first-order valence-electron chi connectivity index (χ1n) is 6.88. The van der Waals surface area contributed by atoms with E-state index in [-0.39, 0.29) is 0 Å². The standard InChI is InChI=1S/C15H26N2/c1-4-6-8-13(5-2)11-15(16-3)14-9-7-10-17-12-14/h7,9-10,12-13,15-16H,4-6,8,11H2,1-3H3. The number of pyridine rings is 1. The van der Waals surface area contributed by atoms with Gasteiger partial charge in [-0.05, 0) is 31.0 Å². The van der Waals surface area contributed by atoms with E-state index in [1.165, 1.54) is 37.7 Å². The fourth-order valence-electron chi connectivity index (χ4n) is 2.32. The molecular weight excluding hydrogens is 208 g/mol. The summed E-state index contributed by atoms with van der Waals surface area (Å²) in [5.74, 6) is 0.826. The molecule has 1 rings (SSSR count). The molecule has 0 amide bonds. The van der Waals surface area contributed by atoms with Gasteiger partial charge < -0.3 is 5.32 Å². The molecule has 2 heteroatoms. The van der Waals surface area contributed by atoms with Crippen molar-refractivity contribution in [3.63, 3.8) is 0 Å². The Bertz CT molecular complexity index is 284. The maximum Gasteiger partial charge on any atom is 0.0335 e. The van der Waals surface area contributed by atoms with Gasteiger partial charge in [-0.25, -0.2) is 0 Å². The molecular formula is C15H26N2. The van der Waals surface area contributed by atoms with Crippen LogP contribution in [0.1, 0.15) is 57.6 Å². The molecule has 96 valence electrons. The van der Waals surface area contributed by atoms with Crippen LogP contribution in [0, 0.1) is 5.92 Å². The molecule has 2 unspecified atom stereocenters. The van der Waals surface area contributed by atoms with Gasteiger partial charge in [-0.15, -0.1) is 0 Å². The summed E-state index contributed by atoms with van der Waals surface area (Å²) in [4.78, 5) is 4.21. The van der Waals surface area contributed by atoms with Gasteiger partial charge in [0.25, 0.3) is 0 Å². The Morgan fingerprint density at radius 1 is 1.35 bits per heavy atom. The zero-order chi connectivity index (χ0) is 12.5. The Kier molecular flexibility index (Phi) is 6.87. The molecule has 0 saturated carbocycles. The Labute approximate surface area is 106 Å². The van der Waals surface area contributed by atoms with E-state index in [1.54, 1.807) is 0 Å². The van der Waals surface area contributed by atoms with Gasteiger partial charge in [0.1, 0.15) is 0 Å². The van der Waals surface area contributed by atoms with Gasteiger partial charge in [0.15, 0.2) is 0 Å². The van der Waals surface area contributed by atoms with Crippen molar-refractivity contribution in [3.05, 3.63) is 30.1 Å². The second-order valence-electron chi connectivity index (χ2n) is 4.78. The predicted molar refractivity (Wildman–Crippen MR) is 74.0 cm³/mol. The van der Waals surface area contributed by atoms with Crippen LogP contribution < -0.4 is 5.32 Å². The molecule has 2 atom stereocenters. The van der Waals surface area contributed by atoms with Crippen molar-refractivity contribution >= 4 is 0 Å². The van der Waals surface area contributed by atoms with Crippen LogP contribution in [0.25, 0.3) is 0 Å². The number of nitrogens with zero attached hydrogens (tertiary/aromatic N) is 1. The molecule has 1 aromatic heterocycles. The van der Waals surface area contributed by atoms with Gasteiger partial charge in [-0.2, -0.15) is 0 Å². The van der Waals surface area contributed by atoms with Crippen LogP contribution in [-0.4, -0.2) is 12.0 Å².